The van der Waals surface area contributed by atoms with Crippen LogP contribution in [-0.2, 0) is 17.6 Å². The van der Waals surface area contributed by atoms with Crippen molar-refractivity contribution in [2.24, 2.45) is 0 Å². The maximum absolute atomic E-state index is 13.6. The van der Waals surface area contributed by atoms with Crippen LogP contribution in [0.3, 0.4) is 0 Å². The second kappa shape index (κ2) is 8.41. The highest BCUT2D eigenvalue weighted by Gasteiger charge is 2.28. The molecule has 0 unspecified atom stereocenters. The van der Waals surface area contributed by atoms with Gasteiger partial charge in [0.25, 0.3) is 5.56 Å². The highest BCUT2D eigenvalue weighted by atomic mass is 32.2. The first-order valence-corrected chi connectivity index (χ1v) is 11.9. The van der Waals surface area contributed by atoms with Crippen molar-refractivity contribution in [3.8, 4) is 0 Å². The van der Waals surface area contributed by atoms with Gasteiger partial charge in [-0.15, -0.1) is 17.9 Å². The summed E-state index contributed by atoms with van der Waals surface area (Å²) >= 11 is 3.08. The third-order valence-electron chi connectivity index (χ3n) is 5.75. The van der Waals surface area contributed by atoms with E-state index in [0.29, 0.717) is 11.7 Å². The number of fused-ring (bicyclic) bond motifs is 3. The molecule has 2 heterocycles. The Kier molecular flexibility index (Phi) is 5.92. The lowest BCUT2D eigenvalue weighted by atomic mass is 9.97. The topological polar surface area (TPSA) is 64.0 Å². The van der Waals surface area contributed by atoms with Gasteiger partial charge in [0.05, 0.1) is 10.6 Å². The molecule has 1 saturated carbocycles. The number of nitrogens with one attached hydrogen (secondary N) is 1. The van der Waals surface area contributed by atoms with Crippen molar-refractivity contribution < 1.29 is 4.79 Å². The Bertz CT molecular complexity index is 957. The van der Waals surface area contributed by atoms with E-state index in [-0.39, 0.29) is 22.8 Å². The molecule has 0 spiro atoms. The average Bonchev–Trinajstić information content (AvgIpc) is 3.33. The summed E-state index contributed by atoms with van der Waals surface area (Å²) in [5, 5.41) is 4.07. The van der Waals surface area contributed by atoms with E-state index >= 15 is 0 Å². The highest BCUT2D eigenvalue weighted by Crippen LogP contribution is 2.38. The first-order valence-electron chi connectivity index (χ1n) is 10.2. The minimum absolute atomic E-state index is 0.0531. The molecule has 0 aromatic carbocycles. The molecule has 5 nitrogen and oxygen atoms in total. The van der Waals surface area contributed by atoms with Crippen LogP contribution in [0.25, 0.3) is 10.2 Å². The van der Waals surface area contributed by atoms with Crippen molar-refractivity contribution >= 4 is 39.2 Å². The van der Waals surface area contributed by atoms with E-state index in [9.17, 15) is 9.59 Å². The molecule has 2 aromatic heterocycles. The maximum Gasteiger partial charge on any atom is 0.263 e. The summed E-state index contributed by atoms with van der Waals surface area (Å²) in [5.41, 5.74) is 1.35. The Labute approximate surface area is 173 Å². The van der Waals surface area contributed by atoms with Crippen LogP contribution in [0.15, 0.2) is 22.6 Å². The van der Waals surface area contributed by atoms with E-state index in [4.69, 9.17) is 4.98 Å². The van der Waals surface area contributed by atoms with E-state index in [0.717, 1.165) is 55.2 Å². The normalized spacial score (nSPS) is 18.2. The summed E-state index contributed by atoms with van der Waals surface area (Å²) in [6, 6.07) is 0.203. The van der Waals surface area contributed by atoms with Crippen molar-refractivity contribution in [1.29, 1.82) is 0 Å². The smallest absolute Gasteiger partial charge is 0.263 e. The SMILES string of the molecule is C=CCNC(=O)[C@H](C)Sc1nc2sc3c(c2c(=O)n1C1CCCC1)CCCC3. The van der Waals surface area contributed by atoms with Gasteiger partial charge < -0.3 is 5.32 Å². The molecular weight excluding hydrogens is 390 g/mol. The number of amides is 1. The Morgan fingerprint density at radius 1 is 1.36 bits per heavy atom. The van der Waals surface area contributed by atoms with Crippen LogP contribution < -0.4 is 10.9 Å². The molecule has 4 rings (SSSR count). The van der Waals surface area contributed by atoms with E-state index in [1.165, 1.54) is 28.6 Å². The summed E-state index contributed by atoms with van der Waals surface area (Å²) in [4.78, 5) is 33.1. The van der Waals surface area contributed by atoms with Crippen LogP contribution in [0.5, 0.6) is 0 Å². The van der Waals surface area contributed by atoms with Gasteiger partial charge in [-0.3, -0.25) is 14.2 Å². The first-order chi connectivity index (χ1) is 13.6. The van der Waals surface area contributed by atoms with Crippen LogP contribution in [0.4, 0.5) is 0 Å². The standard InChI is InChI=1S/C21H27N3O2S2/c1-3-12-22-18(25)13(2)27-21-23-19-17(15-10-6-7-11-16(15)28-19)20(26)24(21)14-8-4-5-9-14/h3,13-14H,1,4-12H2,2H3,(H,22,25)/t13-/m0/s1. The maximum atomic E-state index is 13.6. The van der Waals surface area contributed by atoms with Gasteiger partial charge in [0, 0.05) is 17.5 Å². The molecule has 0 aliphatic heterocycles. The van der Waals surface area contributed by atoms with E-state index in [1.54, 1.807) is 17.4 Å². The minimum Gasteiger partial charge on any atom is -0.352 e. The highest BCUT2D eigenvalue weighted by molar-refractivity contribution is 8.00. The Balaban J connectivity index is 1.77. The van der Waals surface area contributed by atoms with Crippen molar-refractivity contribution in [2.75, 3.05) is 6.54 Å². The van der Waals surface area contributed by atoms with Crippen molar-refractivity contribution in [3.05, 3.63) is 33.4 Å². The van der Waals surface area contributed by atoms with Gasteiger partial charge in [-0.25, -0.2) is 4.98 Å². The summed E-state index contributed by atoms with van der Waals surface area (Å²) in [6.07, 6.45) is 10.4. The number of rotatable bonds is 6. The number of nitrogens with zero attached hydrogens (tertiary/aromatic N) is 2. The van der Waals surface area contributed by atoms with E-state index in [1.807, 2.05) is 11.5 Å². The monoisotopic (exact) mass is 417 g/mol. The van der Waals surface area contributed by atoms with Gasteiger partial charge in [-0.1, -0.05) is 30.7 Å². The molecule has 1 fully saturated rings. The molecule has 0 saturated heterocycles. The second-order valence-electron chi connectivity index (χ2n) is 7.69. The Hall–Kier alpha value is -1.60. The first kappa shape index (κ1) is 19.7. The summed E-state index contributed by atoms with van der Waals surface area (Å²) in [7, 11) is 0. The fourth-order valence-electron chi connectivity index (χ4n) is 4.29. The fraction of sp³-hybridized carbons (Fsp3) is 0.571. The van der Waals surface area contributed by atoms with Crippen LogP contribution in [0, 0.1) is 0 Å². The fourth-order valence-corrected chi connectivity index (χ4v) is 6.60. The summed E-state index contributed by atoms with van der Waals surface area (Å²) in [5.74, 6) is -0.0531. The quantitative estimate of drug-likeness (QED) is 0.434. The van der Waals surface area contributed by atoms with Crippen molar-refractivity contribution in [3.63, 3.8) is 0 Å². The predicted octanol–water partition coefficient (Wildman–Crippen LogP) is 4.23. The lowest BCUT2D eigenvalue weighted by Crippen LogP contribution is -2.32. The molecule has 1 N–H and O–H groups in total. The zero-order valence-corrected chi connectivity index (χ0v) is 18.0. The third-order valence-corrected chi connectivity index (χ3v) is 8.00. The van der Waals surface area contributed by atoms with Gasteiger partial charge >= 0.3 is 0 Å². The number of aromatic nitrogens is 2. The minimum atomic E-state index is -0.313. The van der Waals surface area contributed by atoms with Gasteiger partial charge in [-0.2, -0.15) is 0 Å². The Morgan fingerprint density at radius 2 is 2.11 bits per heavy atom. The van der Waals surface area contributed by atoms with Gasteiger partial charge in [0.1, 0.15) is 4.83 Å². The van der Waals surface area contributed by atoms with Crippen molar-refractivity contribution in [2.45, 2.75) is 74.7 Å². The van der Waals surface area contributed by atoms with Gasteiger partial charge in [-0.05, 0) is 51.0 Å². The molecule has 1 atom stereocenters. The summed E-state index contributed by atoms with van der Waals surface area (Å²) in [6.45, 7) is 5.96. The molecule has 2 aliphatic rings. The van der Waals surface area contributed by atoms with Crippen LogP contribution in [0.1, 0.15) is 61.9 Å². The number of thioether (sulfide) groups is 1. The number of carbonyl (C=O) groups excluding carboxylic acids is 1. The number of thiophene rings is 1. The lowest BCUT2D eigenvalue weighted by Gasteiger charge is -2.20. The van der Waals surface area contributed by atoms with Gasteiger partial charge in [0.15, 0.2) is 5.16 Å². The number of carbonyl (C=O) groups is 1. The van der Waals surface area contributed by atoms with Crippen LogP contribution in [0.2, 0.25) is 0 Å². The third kappa shape index (κ3) is 3.66. The van der Waals surface area contributed by atoms with Crippen molar-refractivity contribution in [1.82, 2.24) is 14.9 Å². The molecule has 0 bridgehead atoms. The second-order valence-corrected chi connectivity index (χ2v) is 10.1. The average molecular weight is 418 g/mol. The molecule has 2 aromatic rings. The molecule has 1 amide bonds. The van der Waals surface area contributed by atoms with E-state index in [2.05, 4.69) is 11.9 Å². The van der Waals surface area contributed by atoms with E-state index < -0.39 is 0 Å². The van der Waals surface area contributed by atoms with Crippen LogP contribution >= 0.6 is 23.1 Å². The summed E-state index contributed by atoms with van der Waals surface area (Å²) < 4.78 is 1.92. The number of hydrogen-bond donors (Lipinski definition) is 1. The molecular formula is C21H27N3O2S2. The molecule has 28 heavy (non-hydrogen) atoms. The van der Waals surface area contributed by atoms with Gasteiger partial charge in [0.2, 0.25) is 5.91 Å². The lowest BCUT2D eigenvalue weighted by molar-refractivity contribution is -0.120. The largest absolute Gasteiger partial charge is 0.352 e. The number of aryl methyl sites for hydroxylation is 2. The zero-order chi connectivity index (χ0) is 19.7. The van der Waals surface area contributed by atoms with Crippen LogP contribution in [-0.4, -0.2) is 27.3 Å². The Morgan fingerprint density at radius 3 is 2.86 bits per heavy atom. The molecule has 150 valence electrons. The molecule has 2 aliphatic carbocycles. The number of hydrogen-bond acceptors (Lipinski definition) is 5. The molecule has 7 heteroatoms. The predicted molar refractivity (Wildman–Crippen MR) is 117 cm³/mol. The zero-order valence-electron chi connectivity index (χ0n) is 16.3. The molecule has 0 radical (unpaired) electrons.